The lowest BCUT2D eigenvalue weighted by Gasteiger charge is -2.41. The van der Waals surface area contributed by atoms with Crippen LogP contribution in [0.4, 0.5) is 0 Å². The van der Waals surface area contributed by atoms with Gasteiger partial charge in [-0.15, -0.1) is 11.6 Å². The lowest BCUT2D eigenvalue weighted by molar-refractivity contribution is -0.281. The molecule has 22 heteroatoms. The van der Waals surface area contributed by atoms with Crippen LogP contribution in [-0.2, 0) is 44.9 Å². The summed E-state index contributed by atoms with van der Waals surface area (Å²) in [6.07, 6.45) is -7.37. The van der Waals surface area contributed by atoms with E-state index in [-0.39, 0.29) is 47.4 Å². The van der Waals surface area contributed by atoms with Crippen molar-refractivity contribution in [3.05, 3.63) is 28.8 Å². The van der Waals surface area contributed by atoms with E-state index in [1.165, 1.54) is 23.1 Å². The Morgan fingerprint density at radius 3 is 2.55 bits per heavy atom. The zero-order chi connectivity index (χ0) is 41.3. The minimum absolute atomic E-state index is 0.0150. The van der Waals surface area contributed by atoms with Crippen LogP contribution in [0, 0.1) is 5.92 Å². The lowest BCUT2D eigenvalue weighted by Crippen LogP contribution is -2.63. The number of carbonyl (C=O) groups is 3. The van der Waals surface area contributed by atoms with Crippen LogP contribution in [0.5, 0.6) is 5.75 Å². The van der Waals surface area contributed by atoms with Gasteiger partial charge in [0.1, 0.15) is 42.2 Å². The van der Waals surface area contributed by atoms with Crippen LogP contribution in [0.15, 0.2) is 23.2 Å². The van der Waals surface area contributed by atoms with Gasteiger partial charge in [0.15, 0.2) is 12.2 Å². The SMILES string of the molecule is CCC[C@@H](O[C@H]1OC[C@@H](O)[C@H](OS(=O)(=O)O)[C@H]1O)[C@H](NC(=O)[C@H](O)Cc1ccc(O)c(Cl)c1)C(=O)N1[C@H](C(=O)NCCCCN=C(N)N)C[C@@H]2CC[C@@H](Cl)C[C@@H]21. The second-order valence-corrected chi connectivity index (χ2v) is 16.3. The van der Waals surface area contributed by atoms with Crippen molar-refractivity contribution in [2.45, 2.75) is 125 Å². The fourth-order valence-corrected chi connectivity index (χ4v) is 8.40. The first-order chi connectivity index (χ1) is 26.4. The highest BCUT2D eigenvalue weighted by atomic mass is 35.5. The number of nitrogens with one attached hydrogen (secondary N) is 2. The maximum Gasteiger partial charge on any atom is 0.397 e. The molecule has 0 aromatic heterocycles. The van der Waals surface area contributed by atoms with Gasteiger partial charge in [0.25, 0.3) is 0 Å². The van der Waals surface area contributed by atoms with Crippen molar-refractivity contribution in [2.24, 2.45) is 22.4 Å². The van der Waals surface area contributed by atoms with Crippen LogP contribution in [0.25, 0.3) is 0 Å². The number of likely N-dealkylation sites (tertiary alicyclic amines) is 1. The zero-order valence-electron chi connectivity index (χ0n) is 30.8. The summed E-state index contributed by atoms with van der Waals surface area (Å²) in [4.78, 5) is 47.9. The van der Waals surface area contributed by atoms with Crippen molar-refractivity contribution in [1.29, 1.82) is 0 Å². The van der Waals surface area contributed by atoms with Gasteiger partial charge in [-0.3, -0.25) is 23.9 Å². The highest BCUT2D eigenvalue weighted by Crippen LogP contribution is 2.42. The third kappa shape index (κ3) is 12.5. The van der Waals surface area contributed by atoms with Crippen LogP contribution in [0.1, 0.15) is 63.9 Å². The second kappa shape index (κ2) is 20.6. The molecule has 2 saturated heterocycles. The second-order valence-electron chi connectivity index (χ2n) is 14.2. The number of hydrogen-bond donors (Lipinski definition) is 9. The molecule has 11 atom stereocenters. The molecule has 316 valence electrons. The van der Waals surface area contributed by atoms with Gasteiger partial charge in [0.05, 0.1) is 17.7 Å². The number of ether oxygens (including phenoxy) is 2. The van der Waals surface area contributed by atoms with E-state index in [0.29, 0.717) is 57.1 Å². The third-order valence-electron chi connectivity index (χ3n) is 10.1. The molecule has 0 radical (unpaired) electrons. The van der Waals surface area contributed by atoms with E-state index in [2.05, 4.69) is 19.8 Å². The molecule has 56 heavy (non-hydrogen) atoms. The molecule has 1 saturated carbocycles. The number of fused-ring (bicyclic) bond motifs is 1. The number of hydrogen-bond acceptors (Lipinski definition) is 13. The van der Waals surface area contributed by atoms with E-state index in [4.69, 9.17) is 44.1 Å². The van der Waals surface area contributed by atoms with E-state index in [1.807, 2.05) is 0 Å². The van der Waals surface area contributed by atoms with Gasteiger partial charge in [-0.2, -0.15) is 8.42 Å². The van der Waals surface area contributed by atoms with Gasteiger partial charge in [-0.25, -0.2) is 4.18 Å². The van der Waals surface area contributed by atoms with Crippen molar-refractivity contribution in [1.82, 2.24) is 15.5 Å². The third-order valence-corrected chi connectivity index (χ3v) is 11.2. The van der Waals surface area contributed by atoms with Gasteiger partial charge in [0.2, 0.25) is 17.7 Å². The Morgan fingerprint density at radius 2 is 1.89 bits per heavy atom. The molecule has 19 nitrogen and oxygen atoms in total. The lowest BCUT2D eigenvalue weighted by atomic mass is 9.84. The minimum Gasteiger partial charge on any atom is -0.506 e. The quantitative estimate of drug-likeness (QED) is 0.0294. The van der Waals surface area contributed by atoms with Crippen molar-refractivity contribution >= 4 is 57.3 Å². The number of phenolic OH excluding ortho intramolecular Hbond substituents is 1. The number of benzene rings is 1. The normalized spacial score (nSPS) is 28.1. The molecular weight excluding hydrogens is 803 g/mol. The molecule has 0 bridgehead atoms. The maximum absolute atomic E-state index is 15.0. The van der Waals surface area contributed by atoms with E-state index >= 15 is 4.79 Å². The van der Waals surface area contributed by atoms with Crippen molar-refractivity contribution in [2.75, 3.05) is 19.7 Å². The fourth-order valence-electron chi connectivity index (χ4n) is 7.37. The molecule has 2 aliphatic heterocycles. The Morgan fingerprint density at radius 1 is 1.16 bits per heavy atom. The molecule has 3 amide bonds. The van der Waals surface area contributed by atoms with E-state index in [9.17, 15) is 43.0 Å². The van der Waals surface area contributed by atoms with Crippen LogP contribution >= 0.6 is 23.2 Å². The van der Waals surface area contributed by atoms with Crippen LogP contribution in [0.2, 0.25) is 5.02 Å². The van der Waals surface area contributed by atoms with Crippen molar-refractivity contribution in [3.63, 3.8) is 0 Å². The molecule has 1 aromatic rings. The molecule has 2 heterocycles. The molecule has 3 fully saturated rings. The molecule has 11 N–H and O–H groups in total. The average Bonchev–Trinajstić information content (AvgIpc) is 3.50. The largest absolute Gasteiger partial charge is 0.506 e. The number of guanidine groups is 1. The van der Waals surface area contributed by atoms with Gasteiger partial charge >= 0.3 is 10.4 Å². The van der Waals surface area contributed by atoms with Crippen molar-refractivity contribution < 1.29 is 61.4 Å². The Hall–Kier alpha value is -3.05. The number of carbonyl (C=O) groups excluding carboxylic acids is 3. The van der Waals surface area contributed by atoms with E-state index < -0.39 is 89.7 Å². The summed E-state index contributed by atoms with van der Waals surface area (Å²) < 4.78 is 48.4. The number of alkyl halides is 1. The maximum atomic E-state index is 15.0. The van der Waals surface area contributed by atoms with Crippen LogP contribution in [0.3, 0.4) is 0 Å². The first-order valence-corrected chi connectivity index (χ1v) is 20.6. The number of aliphatic hydroxyl groups is 3. The van der Waals surface area contributed by atoms with Gasteiger partial charge in [0, 0.05) is 30.9 Å². The van der Waals surface area contributed by atoms with E-state index in [0.717, 1.165) is 0 Å². The number of aliphatic imine (C=N–C) groups is 1. The molecule has 1 aromatic carbocycles. The number of aromatic hydroxyl groups is 1. The first-order valence-electron chi connectivity index (χ1n) is 18.4. The smallest absolute Gasteiger partial charge is 0.397 e. The number of nitrogens with two attached hydrogens (primary N) is 2. The minimum atomic E-state index is -5.16. The summed E-state index contributed by atoms with van der Waals surface area (Å²) in [5.74, 6) is -2.57. The Kier molecular flexibility index (Phi) is 16.8. The fraction of sp³-hybridized carbons (Fsp3) is 0.706. The summed E-state index contributed by atoms with van der Waals surface area (Å²) in [5.41, 5.74) is 11.1. The Balaban J connectivity index is 1.66. The molecule has 0 spiro atoms. The summed E-state index contributed by atoms with van der Waals surface area (Å²) in [5, 5.41) is 47.3. The molecule has 0 unspecified atom stereocenters. The number of amides is 3. The topological polar surface area (TPSA) is 306 Å². The standard InChI is InChI=1S/C34H52Cl2N6O13S/c1-2-5-26(54-33-28(46)29(25(45)16-53-33)55-56(50,51)52)27(41-31(48)24(44)13-17-6-9-23(43)20(36)12-17)32(49)42-21-15-19(35)8-7-18(21)14-22(42)30(47)39-10-3-4-11-40-34(37)38/h6,9,12,18-19,21-22,24-29,33,43-46H,2-5,7-8,10-11,13-16H2,1H3,(H,39,47)(H,41,48)(H4,37,38,40)(H,50,51,52)/t18-,19+,21-,22-,24+,25+,26+,27-,28+,29-,33+/m0/s1. The highest BCUT2D eigenvalue weighted by molar-refractivity contribution is 7.80. The Bertz CT molecular complexity index is 1660. The van der Waals surface area contributed by atoms with Gasteiger partial charge < -0.3 is 56.9 Å². The van der Waals surface area contributed by atoms with Crippen LogP contribution in [-0.4, -0.2) is 142 Å². The number of unbranched alkanes of at least 4 members (excludes halogenated alkanes) is 1. The molecular formula is C34H52Cl2N6O13S. The number of phenols is 1. The highest BCUT2D eigenvalue weighted by Gasteiger charge is 2.52. The summed E-state index contributed by atoms with van der Waals surface area (Å²) in [6, 6.07) is 0.973. The molecule has 3 aliphatic rings. The predicted molar refractivity (Wildman–Crippen MR) is 202 cm³/mol. The average molecular weight is 856 g/mol. The monoisotopic (exact) mass is 854 g/mol. The van der Waals surface area contributed by atoms with Gasteiger partial charge in [-0.1, -0.05) is 31.0 Å². The molecule has 4 rings (SSSR count). The zero-order valence-corrected chi connectivity index (χ0v) is 33.1. The number of rotatable bonds is 18. The number of aliphatic hydroxyl groups excluding tert-OH is 3. The summed E-state index contributed by atoms with van der Waals surface area (Å²) >= 11 is 12.6. The molecule has 1 aliphatic carbocycles. The summed E-state index contributed by atoms with van der Waals surface area (Å²) in [7, 11) is -5.16. The van der Waals surface area contributed by atoms with Crippen LogP contribution < -0.4 is 22.1 Å². The first kappa shape index (κ1) is 45.6. The number of halogens is 2. The van der Waals surface area contributed by atoms with E-state index in [1.54, 1.807) is 6.92 Å². The predicted octanol–water partition coefficient (Wildman–Crippen LogP) is -0.568. The van der Waals surface area contributed by atoms with Gasteiger partial charge in [-0.05, 0) is 68.6 Å². The Labute approximate surface area is 335 Å². The number of nitrogens with zero attached hydrogens (tertiary/aromatic N) is 2. The summed E-state index contributed by atoms with van der Waals surface area (Å²) in [6.45, 7) is 1.75. The van der Waals surface area contributed by atoms with Crippen molar-refractivity contribution in [3.8, 4) is 5.75 Å².